The molecule has 10 bridgehead atoms. The molecule has 13 aliphatic rings. The fraction of sp³-hybridized carbons (Fsp3) is 0.348. The molecule has 18 rings (SSSR count). The fourth-order valence-corrected chi connectivity index (χ4v) is 7.15. The van der Waals surface area contributed by atoms with Crippen molar-refractivity contribution in [2.45, 2.75) is 39.5 Å². The van der Waals surface area contributed by atoms with E-state index < -0.39 is 0 Å². The summed E-state index contributed by atoms with van der Waals surface area (Å²) >= 11 is 0. The van der Waals surface area contributed by atoms with Gasteiger partial charge < -0.3 is 47.4 Å². The van der Waals surface area contributed by atoms with Crippen LogP contribution in [0.1, 0.15) is 39.5 Å². The lowest BCUT2D eigenvalue weighted by molar-refractivity contribution is 0.302. The summed E-state index contributed by atoms with van der Waals surface area (Å²) in [6.07, 6.45) is 3.68. The average Bonchev–Trinajstić information content (AvgIpc) is 3.24. The van der Waals surface area contributed by atoms with Crippen LogP contribution in [0.3, 0.4) is 0 Å². The van der Waals surface area contributed by atoms with Crippen molar-refractivity contribution >= 4 is 0 Å². The summed E-state index contributed by atoms with van der Waals surface area (Å²) < 4.78 is 62.1. The Kier molecular flexibility index (Phi) is 12.6. The molecule has 0 N–H and O–H groups in total. The highest BCUT2D eigenvalue weighted by atomic mass is 16.5. The van der Waals surface area contributed by atoms with Gasteiger partial charge in [-0.1, -0.05) is 26.7 Å². The van der Waals surface area contributed by atoms with Gasteiger partial charge in [-0.3, -0.25) is 0 Å². The molecule has 0 saturated carbocycles. The van der Waals surface area contributed by atoms with Crippen LogP contribution >= 0.6 is 0 Å². The first kappa shape index (κ1) is 39.8. The molecule has 0 atom stereocenters. The SMILES string of the molecule is CCCCOc1cc2c(OCCCC)cc1-c1cc(OC)c(cc1OC)-c1cc(OC)c(cc1OC)-c1cc(OC)c(cc1OC)-c1cc(OC)c-2cc1OC. The molecule has 10 nitrogen and oxygen atoms in total. The van der Waals surface area contributed by atoms with E-state index >= 15 is 0 Å². The Morgan fingerprint density at radius 3 is 0.589 bits per heavy atom. The predicted octanol–water partition coefficient (Wildman–Crippen LogP) is 10.8. The number of methoxy groups -OCH3 is 8. The van der Waals surface area contributed by atoms with Crippen molar-refractivity contribution < 1.29 is 47.4 Å². The number of hydrogen-bond acceptors (Lipinski definition) is 10. The maximum atomic E-state index is 6.62. The van der Waals surface area contributed by atoms with E-state index in [2.05, 4.69) is 13.8 Å². The smallest absolute Gasteiger partial charge is 0.128 e. The predicted molar refractivity (Wildman–Crippen MR) is 220 cm³/mol. The molecule has 0 aromatic heterocycles. The van der Waals surface area contributed by atoms with Crippen LogP contribution in [0, 0.1) is 0 Å². The van der Waals surface area contributed by atoms with Gasteiger partial charge >= 0.3 is 0 Å². The molecule has 13 aliphatic carbocycles. The Morgan fingerprint density at radius 1 is 0.268 bits per heavy atom. The third-order valence-corrected chi connectivity index (χ3v) is 10.1. The van der Waals surface area contributed by atoms with Crippen LogP contribution in [0.15, 0.2) is 60.7 Å². The van der Waals surface area contributed by atoms with Crippen LogP contribution in [-0.2, 0) is 0 Å². The summed E-state index contributed by atoms with van der Waals surface area (Å²) in [5, 5.41) is 0. The molecule has 5 aromatic carbocycles. The molecule has 0 aliphatic heterocycles. The summed E-state index contributed by atoms with van der Waals surface area (Å²) in [7, 11) is 13.1. The van der Waals surface area contributed by atoms with E-state index in [1.165, 1.54) is 0 Å². The number of rotatable bonds is 16. The summed E-state index contributed by atoms with van der Waals surface area (Å²) in [5.74, 6) is 5.98. The second kappa shape index (κ2) is 17.7. The lowest BCUT2D eigenvalue weighted by atomic mass is 9.90. The summed E-state index contributed by atoms with van der Waals surface area (Å²) in [6, 6.07) is 19.6. The minimum absolute atomic E-state index is 0.511. The molecule has 5 aromatic rings. The molecule has 10 heteroatoms. The molecule has 296 valence electrons. The quantitative estimate of drug-likeness (QED) is 0.0887. The topological polar surface area (TPSA) is 92.3 Å². The second-order valence-electron chi connectivity index (χ2n) is 13.3. The first-order valence-electron chi connectivity index (χ1n) is 18.8. The third-order valence-electron chi connectivity index (χ3n) is 10.1. The zero-order valence-electron chi connectivity index (χ0n) is 34.1. The highest BCUT2D eigenvalue weighted by Gasteiger charge is 2.28. The highest BCUT2D eigenvalue weighted by Crippen LogP contribution is 2.54. The molecule has 0 saturated heterocycles. The summed E-state index contributed by atoms with van der Waals surface area (Å²) in [4.78, 5) is 0. The van der Waals surface area contributed by atoms with Gasteiger partial charge in [-0.15, -0.1) is 0 Å². The minimum Gasteiger partial charge on any atom is -0.496 e. The maximum Gasteiger partial charge on any atom is 0.128 e. The molecule has 0 heterocycles. The lowest BCUT2D eigenvalue weighted by Crippen LogP contribution is -2.04. The Balaban J connectivity index is 1.83. The fourth-order valence-electron chi connectivity index (χ4n) is 7.15. The molecule has 0 radical (unpaired) electrons. The first-order chi connectivity index (χ1) is 27.3. The Bertz CT molecular complexity index is 2040. The number of benzene rings is 5. The third kappa shape index (κ3) is 7.40. The number of unbranched alkanes of at least 4 members (excludes halogenated alkanes) is 2. The van der Waals surface area contributed by atoms with E-state index in [0.29, 0.717) is 70.7 Å². The van der Waals surface area contributed by atoms with Gasteiger partial charge in [0.05, 0.1) is 70.1 Å². The van der Waals surface area contributed by atoms with E-state index in [1.54, 1.807) is 56.9 Å². The zero-order chi connectivity index (χ0) is 39.9. The van der Waals surface area contributed by atoms with Gasteiger partial charge in [-0.25, -0.2) is 0 Å². The van der Waals surface area contributed by atoms with Crippen molar-refractivity contribution in [3.63, 3.8) is 0 Å². The van der Waals surface area contributed by atoms with Crippen LogP contribution in [0.5, 0.6) is 57.5 Å². The van der Waals surface area contributed by atoms with Gasteiger partial charge in [-0.2, -0.15) is 0 Å². The van der Waals surface area contributed by atoms with Crippen molar-refractivity contribution in [1.82, 2.24) is 0 Å². The molecule has 0 spiro atoms. The standard InChI is InChI=1S/C46H52O10/c1-11-13-15-55-45-25-36-34-24-42(52-8)32(22-44(34)54-10)30-20-38(48-4)28(18-40(30)50-6)27-17-39(49-5)29(19-37(27)47-3)31-21-43(53-9)33(23-41(31)51-7)35(45)26-46(36)56-16-14-12-2/h17-26H,11-16H2,1-10H3. The molecule has 0 fully saturated rings. The van der Waals surface area contributed by atoms with E-state index in [0.717, 1.165) is 81.3 Å². The van der Waals surface area contributed by atoms with Crippen molar-refractivity contribution in [3.8, 4) is 113 Å². The Morgan fingerprint density at radius 2 is 0.429 bits per heavy atom. The van der Waals surface area contributed by atoms with Gasteiger partial charge in [0.25, 0.3) is 0 Å². The van der Waals surface area contributed by atoms with Crippen molar-refractivity contribution in [1.29, 1.82) is 0 Å². The maximum absolute atomic E-state index is 6.62. The van der Waals surface area contributed by atoms with Gasteiger partial charge in [0.2, 0.25) is 0 Å². The van der Waals surface area contributed by atoms with Crippen LogP contribution in [0.4, 0.5) is 0 Å². The van der Waals surface area contributed by atoms with Crippen LogP contribution < -0.4 is 47.4 Å². The molecule has 0 amide bonds. The van der Waals surface area contributed by atoms with Gasteiger partial charge in [0.1, 0.15) is 57.5 Å². The number of ether oxygens (including phenoxy) is 10. The normalized spacial score (nSPS) is 11.1. The molecular formula is C46H52O10. The van der Waals surface area contributed by atoms with Gasteiger partial charge in [-0.05, 0) is 73.5 Å². The molecular weight excluding hydrogens is 712 g/mol. The number of hydrogen-bond donors (Lipinski definition) is 0. The second-order valence-corrected chi connectivity index (χ2v) is 13.3. The van der Waals surface area contributed by atoms with Crippen molar-refractivity contribution in [3.05, 3.63) is 60.7 Å². The zero-order valence-corrected chi connectivity index (χ0v) is 34.1. The van der Waals surface area contributed by atoms with Crippen molar-refractivity contribution in [2.75, 3.05) is 70.1 Å². The van der Waals surface area contributed by atoms with Crippen LogP contribution in [0.25, 0.3) is 55.6 Å². The van der Waals surface area contributed by atoms with Gasteiger partial charge in [0.15, 0.2) is 0 Å². The van der Waals surface area contributed by atoms with Crippen LogP contribution in [-0.4, -0.2) is 70.1 Å². The highest BCUT2D eigenvalue weighted by molar-refractivity contribution is 5.94. The largest absolute Gasteiger partial charge is 0.496 e. The van der Waals surface area contributed by atoms with E-state index in [4.69, 9.17) is 47.4 Å². The van der Waals surface area contributed by atoms with E-state index in [9.17, 15) is 0 Å². The lowest BCUT2D eigenvalue weighted by Gasteiger charge is -2.24. The summed E-state index contributed by atoms with van der Waals surface area (Å²) in [5.41, 5.74) is 7.51. The Labute approximate surface area is 330 Å². The average molecular weight is 765 g/mol. The van der Waals surface area contributed by atoms with Crippen LogP contribution in [0.2, 0.25) is 0 Å². The van der Waals surface area contributed by atoms with E-state index in [-0.39, 0.29) is 0 Å². The minimum atomic E-state index is 0.511. The Hall–Kier alpha value is -5.90. The van der Waals surface area contributed by atoms with Crippen molar-refractivity contribution in [2.24, 2.45) is 0 Å². The summed E-state index contributed by atoms with van der Waals surface area (Å²) in [6.45, 7) is 5.30. The first-order valence-corrected chi connectivity index (χ1v) is 18.8. The van der Waals surface area contributed by atoms with Gasteiger partial charge in [0, 0.05) is 55.6 Å². The molecule has 56 heavy (non-hydrogen) atoms. The monoisotopic (exact) mass is 764 g/mol. The molecule has 0 unspecified atom stereocenters. The van der Waals surface area contributed by atoms with E-state index in [1.807, 2.05) is 60.7 Å².